The zero-order valence-electron chi connectivity index (χ0n) is 32.7. The molecule has 3 aliphatic rings. The van der Waals surface area contributed by atoms with Crippen LogP contribution in [0.15, 0.2) is 53.3 Å². The Morgan fingerprint density at radius 3 is 2.44 bits per heavy atom. The fraction of sp³-hybridized carbons (Fsp3) is 0.375. The van der Waals surface area contributed by atoms with Crippen molar-refractivity contribution in [3.05, 3.63) is 104 Å². The molecule has 9 rings (SSSR count). The standard InChI is InChI=1S/C40H36ClF6N9O5S/c1-53-34-29(6-5-26(41)32(34)37(51-53)52-62(2,60)61)56-38(49-27-15-21(3-4-23(27)39(56)59)54-9-7-22(57)8-10-54)28(13-18-11-19(42)14-20(43)12-18)48-30(58)17-55-35-31(33(50-55)36(44)45)24-16-25(24)40(35,46)47/h3-6,11-12,14-15,22,24-25,28,36,57H,7-10,13,16-17H2,1-2H3,(H,48,58)(H,51,52)/t24-,25+,28-/m0/s1. The molecule has 3 aromatic carbocycles. The smallest absolute Gasteiger partial charge is 0.293 e. The number of nitrogens with one attached hydrogen (secondary N) is 2. The highest BCUT2D eigenvalue weighted by molar-refractivity contribution is 7.92. The molecule has 0 radical (unpaired) electrons. The molecule has 4 heterocycles. The number of aliphatic hydroxyl groups excluding tert-OH is 1. The van der Waals surface area contributed by atoms with Crippen LogP contribution >= 0.6 is 11.6 Å². The quantitative estimate of drug-likeness (QED) is 0.133. The Bertz CT molecular complexity index is 2990. The van der Waals surface area contributed by atoms with E-state index in [0.29, 0.717) is 42.4 Å². The zero-order valence-corrected chi connectivity index (χ0v) is 34.3. The Labute approximate surface area is 353 Å². The van der Waals surface area contributed by atoms with Gasteiger partial charge in [-0.1, -0.05) is 11.6 Å². The molecule has 1 amide bonds. The van der Waals surface area contributed by atoms with Crippen molar-refractivity contribution in [3.63, 3.8) is 0 Å². The molecule has 3 N–H and O–H groups in total. The van der Waals surface area contributed by atoms with Crippen LogP contribution in [0.4, 0.5) is 37.8 Å². The lowest BCUT2D eigenvalue weighted by Gasteiger charge is -2.31. The van der Waals surface area contributed by atoms with E-state index in [2.05, 4.69) is 20.2 Å². The van der Waals surface area contributed by atoms with Crippen molar-refractivity contribution >= 4 is 60.8 Å². The van der Waals surface area contributed by atoms with Crippen molar-refractivity contribution in [2.45, 2.75) is 62.6 Å². The minimum Gasteiger partial charge on any atom is -0.393 e. The van der Waals surface area contributed by atoms with Crippen molar-refractivity contribution in [1.82, 2.24) is 34.4 Å². The van der Waals surface area contributed by atoms with Crippen LogP contribution in [0.2, 0.25) is 5.02 Å². The molecule has 1 saturated carbocycles. The van der Waals surface area contributed by atoms with E-state index in [9.17, 15) is 40.7 Å². The third-order valence-electron chi connectivity index (χ3n) is 11.6. The van der Waals surface area contributed by atoms with Crippen molar-refractivity contribution in [3.8, 4) is 5.69 Å². The summed E-state index contributed by atoms with van der Waals surface area (Å²) < 4.78 is 119. The summed E-state index contributed by atoms with van der Waals surface area (Å²) in [5, 5.41) is 21.0. The van der Waals surface area contributed by atoms with Gasteiger partial charge < -0.3 is 15.3 Å². The van der Waals surface area contributed by atoms with Gasteiger partial charge in [0.2, 0.25) is 15.9 Å². The number of alkyl halides is 4. The maximum atomic E-state index is 15.5. The van der Waals surface area contributed by atoms with Crippen LogP contribution in [0.25, 0.3) is 27.5 Å². The van der Waals surface area contributed by atoms with Crippen LogP contribution in [-0.2, 0) is 40.8 Å². The monoisotopic (exact) mass is 903 g/mol. The summed E-state index contributed by atoms with van der Waals surface area (Å²) in [6, 6.07) is 8.77. The molecular formula is C40H36ClF6N9O5S. The second-order valence-electron chi connectivity index (χ2n) is 15.9. The van der Waals surface area contributed by atoms with Gasteiger partial charge in [0.15, 0.2) is 5.82 Å². The molecule has 6 aromatic rings. The van der Waals surface area contributed by atoms with Gasteiger partial charge >= 0.3 is 0 Å². The van der Waals surface area contributed by atoms with Gasteiger partial charge in [-0.05, 0) is 73.2 Å². The van der Waals surface area contributed by atoms with Crippen LogP contribution in [0.3, 0.4) is 0 Å². The second-order valence-corrected chi connectivity index (χ2v) is 18.1. The van der Waals surface area contributed by atoms with Crippen LogP contribution in [0.5, 0.6) is 0 Å². The van der Waals surface area contributed by atoms with Crippen LogP contribution in [0.1, 0.15) is 66.0 Å². The van der Waals surface area contributed by atoms with Crippen molar-refractivity contribution in [2.24, 2.45) is 13.0 Å². The molecule has 2 aliphatic carbocycles. The molecule has 0 unspecified atom stereocenters. The second kappa shape index (κ2) is 15.0. The van der Waals surface area contributed by atoms with E-state index in [1.54, 1.807) is 12.1 Å². The topological polar surface area (TPSA) is 169 Å². The summed E-state index contributed by atoms with van der Waals surface area (Å²) in [5.41, 5.74) is -1.76. The molecule has 326 valence electrons. The summed E-state index contributed by atoms with van der Waals surface area (Å²) in [7, 11) is -2.45. The van der Waals surface area contributed by atoms with Gasteiger partial charge in [0.05, 0.1) is 50.9 Å². The summed E-state index contributed by atoms with van der Waals surface area (Å²) in [4.78, 5) is 36.0. The lowest BCUT2D eigenvalue weighted by Crippen LogP contribution is -2.38. The summed E-state index contributed by atoms with van der Waals surface area (Å²) in [6.45, 7) is -0.00872. The minimum absolute atomic E-state index is 0.00307. The number of halogens is 7. The predicted molar refractivity (Wildman–Crippen MR) is 215 cm³/mol. The van der Waals surface area contributed by atoms with Crippen LogP contribution in [0, 0.1) is 17.6 Å². The molecule has 62 heavy (non-hydrogen) atoms. The molecule has 22 heteroatoms. The van der Waals surface area contributed by atoms with Gasteiger partial charge in [0.1, 0.15) is 35.4 Å². The van der Waals surface area contributed by atoms with Crippen molar-refractivity contribution in [2.75, 3.05) is 29.0 Å². The highest BCUT2D eigenvalue weighted by Gasteiger charge is 2.67. The number of aromatic nitrogens is 6. The lowest BCUT2D eigenvalue weighted by molar-refractivity contribution is -0.123. The fourth-order valence-corrected chi connectivity index (χ4v) is 9.63. The van der Waals surface area contributed by atoms with Gasteiger partial charge in [-0.15, -0.1) is 0 Å². The number of anilines is 2. The Hall–Kier alpha value is -5.67. The highest BCUT2D eigenvalue weighted by atomic mass is 35.5. The Kier molecular flexibility index (Phi) is 10.1. The summed E-state index contributed by atoms with van der Waals surface area (Å²) in [5.74, 6) is -8.99. The number of sulfonamides is 1. The number of piperidine rings is 1. The predicted octanol–water partition coefficient (Wildman–Crippen LogP) is 5.98. The summed E-state index contributed by atoms with van der Waals surface area (Å²) in [6.07, 6.45) is -2.28. The molecule has 2 fully saturated rings. The zero-order chi connectivity index (χ0) is 44.2. The molecular weight excluding hydrogens is 868 g/mol. The maximum absolute atomic E-state index is 15.5. The van der Waals surface area contributed by atoms with Crippen LogP contribution < -0.4 is 20.5 Å². The Balaban J connectivity index is 1.24. The number of hydrogen-bond donors (Lipinski definition) is 3. The lowest BCUT2D eigenvalue weighted by atomic mass is 10.0. The Morgan fingerprint density at radius 2 is 1.76 bits per heavy atom. The van der Waals surface area contributed by atoms with E-state index in [-0.39, 0.29) is 61.7 Å². The number of benzene rings is 3. The van der Waals surface area contributed by atoms with Gasteiger partial charge in [0, 0.05) is 49.8 Å². The third kappa shape index (κ3) is 7.32. The molecule has 1 aliphatic heterocycles. The number of aryl methyl sites for hydroxylation is 1. The molecule has 0 spiro atoms. The number of carbonyl (C=O) groups excluding carboxylic acids is 1. The number of nitrogens with zero attached hydrogens (tertiary/aromatic N) is 7. The van der Waals surface area contributed by atoms with E-state index in [1.807, 2.05) is 4.90 Å². The van der Waals surface area contributed by atoms with Crippen molar-refractivity contribution in [1.29, 1.82) is 0 Å². The Morgan fingerprint density at radius 1 is 1.05 bits per heavy atom. The fourth-order valence-electron chi connectivity index (χ4n) is 8.89. The van der Waals surface area contributed by atoms with Gasteiger partial charge in [0.25, 0.3) is 17.9 Å². The van der Waals surface area contributed by atoms with Gasteiger partial charge in [-0.2, -0.15) is 19.0 Å². The molecule has 14 nitrogen and oxygen atoms in total. The first kappa shape index (κ1) is 41.7. The SMILES string of the molecule is Cn1nc(NS(C)(=O)=O)c2c(Cl)ccc(-n3c([C@H](Cc4cc(F)cc(F)c4)NC(=O)Cn4nc(C(F)F)c5c4C(F)(F)[C@@H]4C[C@H]54)nc4cc(N5CCC(O)CC5)ccc4c3=O)c21. The largest absolute Gasteiger partial charge is 0.393 e. The van der Waals surface area contributed by atoms with Crippen LogP contribution in [-0.4, -0.2) is 74.0 Å². The first-order valence-electron chi connectivity index (χ1n) is 19.4. The number of aliphatic hydroxyl groups is 1. The molecule has 0 bridgehead atoms. The van der Waals surface area contributed by atoms with E-state index >= 15 is 8.78 Å². The summed E-state index contributed by atoms with van der Waals surface area (Å²) >= 11 is 6.63. The van der Waals surface area contributed by atoms with E-state index in [0.717, 1.165) is 23.0 Å². The first-order valence-corrected chi connectivity index (χ1v) is 21.7. The van der Waals surface area contributed by atoms with Gasteiger partial charge in [-0.3, -0.25) is 28.2 Å². The highest BCUT2D eigenvalue weighted by Crippen LogP contribution is 2.68. The van der Waals surface area contributed by atoms with Gasteiger partial charge in [-0.25, -0.2) is 31.0 Å². The number of hydrogen-bond acceptors (Lipinski definition) is 9. The first-order chi connectivity index (χ1) is 29.3. The molecule has 1 saturated heterocycles. The average molecular weight is 904 g/mol. The average Bonchev–Trinajstić information content (AvgIpc) is 3.73. The normalized spacial score (nSPS) is 19.0. The van der Waals surface area contributed by atoms with E-state index in [4.69, 9.17) is 16.6 Å². The third-order valence-corrected chi connectivity index (χ3v) is 12.5. The number of fused-ring (bicyclic) bond motifs is 5. The number of amides is 1. The number of carbonyl (C=O) groups is 1. The maximum Gasteiger partial charge on any atom is 0.293 e. The van der Waals surface area contributed by atoms with E-state index in [1.165, 1.54) is 29.9 Å². The number of rotatable bonds is 11. The minimum atomic E-state index is -3.91. The van der Waals surface area contributed by atoms with E-state index < -0.39 is 93.8 Å². The molecule has 3 atom stereocenters. The van der Waals surface area contributed by atoms with Crippen molar-refractivity contribution < 1.29 is 44.7 Å². The molecule has 3 aromatic heterocycles.